The normalized spacial score (nSPS) is 13.3. The second-order valence-electron chi connectivity index (χ2n) is 1.19. The van der Waals surface area contributed by atoms with E-state index >= 15 is 0 Å². The average molecular weight is 153 g/mol. The van der Waals surface area contributed by atoms with E-state index in [-0.39, 0.29) is 5.96 Å². The molecule has 6 nitrogen and oxygen atoms in total. The van der Waals surface area contributed by atoms with E-state index in [1.54, 1.807) is 0 Å². The highest BCUT2D eigenvalue weighted by Crippen LogP contribution is 1.69. The lowest BCUT2D eigenvalue weighted by Gasteiger charge is -1.96. The second kappa shape index (κ2) is 2.65. The molecule has 7 heteroatoms. The Morgan fingerprint density at radius 2 is 2.22 bits per heavy atom. The lowest BCUT2D eigenvalue weighted by molar-refractivity contribution is 0.478. The highest BCUT2D eigenvalue weighted by molar-refractivity contribution is 7.84. The molecule has 0 aromatic rings. The van der Waals surface area contributed by atoms with Gasteiger partial charge in [0.25, 0.3) is 0 Å². The van der Waals surface area contributed by atoms with Crippen LogP contribution in [0.1, 0.15) is 0 Å². The molecular weight excluding hydrogens is 146 g/mol. The summed E-state index contributed by atoms with van der Waals surface area (Å²) in [7, 11) is -2.96. The predicted octanol–water partition coefficient (Wildman–Crippen LogP) is -1.68. The maximum absolute atomic E-state index is 9.88. The molecule has 0 aliphatic rings. The molecule has 0 heterocycles. The van der Waals surface area contributed by atoms with Crippen LogP contribution >= 0.6 is 0 Å². The van der Waals surface area contributed by atoms with Gasteiger partial charge in [-0.25, -0.2) is 4.72 Å². The molecule has 0 rings (SSSR count). The molecule has 0 fully saturated rings. The van der Waals surface area contributed by atoms with Gasteiger partial charge in [-0.15, -0.1) is 0 Å². The van der Waals surface area contributed by atoms with Crippen molar-refractivity contribution >= 4 is 16.3 Å². The highest BCUT2D eigenvalue weighted by atomic mass is 32.2. The van der Waals surface area contributed by atoms with Gasteiger partial charge in [0.15, 0.2) is 0 Å². The van der Waals surface area contributed by atoms with E-state index in [1.165, 1.54) is 11.8 Å². The molecule has 0 amide bonds. The molecule has 0 atom stereocenters. The first-order chi connectivity index (χ1) is 3.95. The number of aliphatic imine (C=N–C) groups is 1. The monoisotopic (exact) mass is 153 g/mol. The lowest BCUT2D eigenvalue weighted by Crippen LogP contribution is -2.35. The van der Waals surface area contributed by atoms with Crippen LogP contribution in [-0.2, 0) is 10.3 Å². The molecule has 0 spiro atoms. The van der Waals surface area contributed by atoms with Crippen molar-refractivity contribution in [2.75, 3.05) is 7.05 Å². The van der Waals surface area contributed by atoms with Gasteiger partial charge in [0.2, 0.25) is 5.96 Å². The maximum Gasteiger partial charge on any atom is 0.359 e. The van der Waals surface area contributed by atoms with Crippen LogP contribution in [0.2, 0.25) is 0 Å². The Kier molecular flexibility index (Phi) is 2.41. The van der Waals surface area contributed by atoms with Crippen LogP contribution in [0, 0.1) is 0 Å². The summed E-state index contributed by atoms with van der Waals surface area (Å²) in [6.07, 6.45) is 0. The third-order valence-corrected chi connectivity index (χ3v) is 0.942. The number of hydrogen-bond donors (Lipinski definition) is 3. The summed E-state index contributed by atoms with van der Waals surface area (Å²) in [5.41, 5.74) is 4.86. The van der Waals surface area contributed by atoms with Gasteiger partial charge in [0.05, 0.1) is 0 Å². The fourth-order valence-corrected chi connectivity index (χ4v) is 0.533. The molecule has 0 bridgehead atoms. The van der Waals surface area contributed by atoms with Gasteiger partial charge in [-0.1, -0.05) is 0 Å². The molecule has 0 saturated heterocycles. The molecular formula is C2H7N3O3S. The third kappa shape index (κ3) is 5.04. The van der Waals surface area contributed by atoms with Crippen molar-refractivity contribution in [2.24, 2.45) is 10.7 Å². The van der Waals surface area contributed by atoms with Crippen LogP contribution in [0.3, 0.4) is 0 Å². The molecule has 0 radical (unpaired) electrons. The fraction of sp³-hybridized carbons (Fsp3) is 0.500. The largest absolute Gasteiger partial charge is 0.369 e. The standard InChI is InChI=1S/C2H7N3O3S/c1-4-2(3)5-9(6,7)8/h1H3,(H3,3,4,5)(H,6,7,8). The summed E-state index contributed by atoms with van der Waals surface area (Å²) in [6.45, 7) is 0. The molecule has 54 valence electrons. The Morgan fingerprint density at radius 1 is 1.78 bits per heavy atom. The van der Waals surface area contributed by atoms with Crippen molar-refractivity contribution in [3.8, 4) is 0 Å². The van der Waals surface area contributed by atoms with Crippen molar-refractivity contribution in [3.63, 3.8) is 0 Å². The summed E-state index contributed by atoms with van der Waals surface area (Å²) >= 11 is 0. The number of nitrogens with zero attached hydrogens (tertiary/aromatic N) is 1. The van der Waals surface area contributed by atoms with Gasteiger partial charge in [-0.05, 0) is 0 Å². The Bertz CT molecular complexity index is 205. The maximum atomic E-state index is 9.88. The second-order valence-corrected chi connectivity index (χ2v) is 2.34. The summed E-state index contributed by atoms with van der Waals surface area (Å²) in [6, 6.07) is 0. The average Bonchev–Trinajstić information content (AvgIpc) is 1.62. The highest BCUT2D eigenvalue weighted by Gasteiger charge is 2.01. The van der Waals surface area contributed by atoms with Crippen molar-refractivity contribution in [1.29, 1.82) is 0 Å². The van der Waals surface area contributed by atoms with Gasteiger partial charge in [-0.3, -0.25) is 9.55 Å². The van der Waals surface area contributed by atoms with Crippen LogP contribution in [0.15, 0.2) is 4.99 Å². The van der Waals surface area contributed by atoms with E-state index in [0.29, 0.717) is 0 Å². The molecule has 0 aromatic heterocycles. The van der Waals surface area contributed by atoms with E-state index in [2.05, 4.69) is 4.99 Å². The zero-order valence-electron chi connectivity index (χ0n) is 4.70. The van der Waals surface area contributed by atoms with E-state index in [1.807, 2.05) is 0 Å². The van der Waals surface area contributed by atoms with E-state index in [0.717, 1.165) is 0 Å². The van der Waals surface area contributed by atoms with E-state index in [4.69, 9.17) is 10.3 Å². The molecule has 0 aliphatic carbocycles. The fourth-order valence-electron chi connectivity index (χ4n) is 0.178. The van der Waals surface area contributed by atoms with Crippen LogP contribution < -0.4 is 10.5 Å². The third-order valence-electron chi connectivity index (χ3n) is 0.474. The Hall–Kier alpha value is -0.820. The van der Waals surface area contributed by atoms with E-state index in [9.17, 15) is 8.42 Å². The van der Waals surface area contributed by atoms with Crippen LogP contribution in [0.25, 0.3) is 0 Å². The van der Waals surface area contributed by atoms with Crippen LogP contribution in [0.4, 0.5) is 0 Å². The molecule has 4 N–H and O–H groups in total. The van der Waals surface area contributed by atoms with Gasteiger partial charge in [-0.2, -0.15) is 8.42 Å². The SMILES string of the molecule is CN=C(N)NS(=O)(=O)O. The first kappa shape index (κ1) is 8.18. The van der Waals surface area contributed by atoms with Crippen molar-refractivity contribution < 1.29 is 13.0 Å². The molecule has 9 heavy (non-hydrogen) atoms. The summed E-state index contributed by atoms with van der Waals surface area (Å²) in [5, 5.41) is 0. The van der Waals surface area contributed by atoms with Crippen LogP contribution in [0.5, 0.6) is 0 Å². The number of nitrogens with one attached hydrogen (secondary N) is 1. The number of nitrogens with two attached hydrogens (primary N) is 1. The molecule has 0 unspecified atom stereocenters. The van der Waals surface area contributed by atoms with Gasteiger partial charge >= 0.3 is 10.3 Å². The minimum Gasteiger partial charge on any atom is -0.369 e. The Labute approximate surface area is 52.7 Å². The quantitative estimate of drug-likeness (QED) is 0.238. The van der Waals surface area contributed by atoms with Gasteiger partial charge in [0.1, 0.15) is 0 Å². The first-order valence-electron chi connectivity index (χ1n) is 1.93. The lowest BCUT2D eigenvalue weighted by atomic mass is 11.1. The van der Waals surface area contributed by atoms with Gasteiger partial charge < -0.3 is 5.73 Å². The number of hydrogen-bond acceptors (Lipinski definition) is 3. The topological polar surface area (TPSA) is 105 Å². The van der Waals surface area contributed by atoms with Crippen molar-refractivity contribution in [2.45, 2.75) is 0 Å². The smallest absolute Gasteiger partial charge is 0.359 e. The first-order valence-corrected chi connectivity index (χ1v) is 3.37. The van der Waals surface area contributed by atoms with Gasteiger partial charge in [0, 0.05) is 7.05 Å². The Morgan fingerprint density at radius 3 is 2.33 bits per heavy atom. The van der Waals surface area contributed by atoms with Crippen molar-refractivity contribution in [3.05, 3.63) is 0 Å². The zero-order chi connectivity index (χ0) is 7.49. The predicted molar refractivity (Wildman–Crippen MR) is 32.2 cm³/mol. The van der Waals surface area contributed by atoms with Crippen LogP contribution in [-0.4, -0.2) is 26.0 Å². The van der Waals surface area contributed by atoms with E-state index < -0.39 is 10.3 Å². The zero-order valence-corrected chi connectivity index (χ0v) is 5.51. The summed E-state index contributed by atoms with van der Waals surface area (Å²) < 4.78 is 29.3. The Balaban J connectivity index is 4.07. The summed E-state index contributed by atoms with van der Waals surface area (Å²) in [4.78, 5) is 3.22. The van der Waals surface area contributed by atoms with Crippen molar-refractivity contribution in [1.82, 2.24) is 4.72 Å². The number of rotatable bonds is 1. The molecule has 0 aliphatic heterocycles. The molecule has 0 saturated carbocycles. The molecule has 0 aromatic carbocycles. The minimum atomic E-state index is -4.24. The summed E-state index contributed by atoms with van der Waals surface area (Å²) in [5.74, 6) is -0.350. The number of guanidine groups is 1. The minimum absolute atomic E-state index is 0.350.